The zero-order valence-electron chi connectivity index (χ0n) is 11.9. The van der Waals surface area contributed by atoms with Gasteiger partial charge in [-0.2, -0.15) is 0 Å². The Hall–Kier alpha value is -1.76. The molecule has 0 fully saturated rings. The van der Waals surface area contributed by atoms with E-state index >= 15 is 0 Å². The molecule has 0 aromatic heterocycles. The molecule has 0 saturated carbocycles. The van der Waals surface area contributed by atoms with Gasteiger partial charge in [-0.3, -0.25) is 4.79 Å². The molecule has 5 heteroatoms. The number of benzene rings is 2. The van der Waals surface area contributed by atoms with Gasteiger partial charge in [0.25, 0.3) is 5.91 Å². The van der Waals surface area contributed by atoms with Gasteiger partial charge in [0.15, 0.2) is 6.61 Å². The van der Waals surface area contributed by atoms with Crippen LogP contribution in [0.1, 0.15) is 5.56 Å². The molecule has 2 aromatic rings. The van der Waals surface area contributed by atoms with Crippen LogP contribution in [0.15, 0.2) is 42.5 Å². The number of amides is 1. The fourth-order valence-electron chi connectivity index (χ4n) is 1.82. The zero-order chi connectivity index (χ0) is 15.2. The summed E-state index contributed by atoms with van der Waals surface area (Å²) in [7, 11) is 1.85. The van der Waals surface area contributed by atoms with Gasteiger partial charge in [0, 0.05) is 22.0 Å². The van der Waals surface area contributed by atoms with E-state index in [1.54, 1.807) is 0 Å². The molecule has 1 amide bonds. The van der Waals surface area contributed by atoms with Crippen LogP contribution in [-0.2, 0) is 4.79 Å². The maximum Gasteiger partial charge on any atom is 0.262 e. The third kappa shape index (κ3) is 4.63. The van der Waals surface area contributed by atoms with Gasteiger partial charge >= 0.3 is 0 Å². The number of carbonyl (C=O) groups is 1. The Morgan fingerprint density at radius 2 is 1.90 bits per heavy atom. The Bertz CT molecular complexity index is 627. The van der Waals surface area contributed by atoms with E-state index in [0.29, 0.717) is 5.75 Å². The maximum absolute atomic E-state index is 11.9. The third-order valence-corrected chi connectivity index (χ3v) is 3.65. The predicted molar refractivity (Wildman–Crippen MR) is 94.0 cm³/mol. The molecule has 0 atom stereocenters. The van der Waals surface area contributed by atoms with Crippen molar-refractivity contribution in [3.05, 3.63) is 51.6 Å². The molecule has 21 heavy (non-hydrogen) atoms. The molecule has 0 bridgehead atoms. The molecule has 110 valence electrons. The van der Waals surface area contributed by atoms with Gasteiger partial charge in [-0.05, 0) is 77.5 Å². The highest BCUT2D eigenvalue weighted by Gasteiger charge is 2.06. The number of hydrogen-bond donors (Lipinski definition) is 2. The number of rotatable bonds is 5. The molecule has 2 aromatic carbocycles. The molecule has 0 aliphatic carbocycles. The van der Waals surface area contributed by atoms with E-state index in [9.17, 15) is 4.79 Å². The second-order valence-corrected chi connectivity index (χ2v) is 5.82. The highest BCUT2D eigenvalue weighted by molar-refractivity contribution is 14.1. The molecule has 0 radical (unpaired) electrons. The number of ether oxygens (including phenoxy) is 1. The van der Waals surface area contributed by atoms with Crippen molar-refractivity contribution >= 4 is 39.9 Å². The number of carbonyl (C=O) groups excluding carboxylic acids is 1. The predicted octanol–water partition coefficient (Wildman–Crippen LogP) is 3.66. The lowest BCUT2D eigenvalue weighted by atomic mass is 10.2. The number of halogens is 1. The zero-order valence-corrected chi connectivity index (χ0v) is 14.1. The molecule has 0 spiro atoms. The summed E-state index contributed by atoms with van der Waals surface area (Å²) in [6.45, 7) is 1.96. The van der Waals surface area contributed by atoms with Crippen molar-refractivity contribution in [3.63, 3.8) is 0 Å². The van der Waals surface area contributed by atoms with E-state index in [1.807, 2.05) is 56.4 Å². The lowest BCUT2D eigenvalue weighted by Gasteiger charge is -2.10. The fraction of sp³-hybridized carbons (Fsp3) is 0.188. The Morgan fingerprint density at radius 3 is 2.52 bits per heavy atom. The molecular formula is C16H17IN2O2. The summed E-state index contributed by atoms with van der Waals surface area (Å²) in [6, 6.07) is 13.3. The van der Waals surface area contributed by atoms with E-state index < -0.39 is 0 Å². The Labute approximate surface area is 138 Å². The number of nitrogens with one attached hydrogen (secondary N) is 2. The van der Waals surface area contributed by atoms with Gasteiger partial charge in [0.2, 0.25) is 0 Å². The van der Waals surface area contributed by atoms with Crippen LogP contribution in [0, 0.1) is 10.5 Å². The summed E-state index contributed by atoms with van der Waals surface area (Å²) in [5.74, 6) is 0.500. The molecule has 0 heterocycles. The minimum atomic E-state index is -0.169. The van der Waals surface area contributed by atoms with Crippen LogP contribution >= 0.6 is 22.6 Å². The van der Waals surface area contributed by atoms with Gasteiger partial charge in [-0.15, -0.1) is 0 Å². The van der Waals surface area contributed by atoms with Gasteiger partial charge in [0.1, 0.15) is 5.75 Å². The first kappa shape index (κ1) is 15.6. The summed E-state index contributed by atoms with van der Waals surface area (Å²) < 4.78 is 6.60. The van der Waals surface area contributed by atoms with E-state index in [4.69, 9.17) is 4.74 Å². The van der Waals surface area contributed by atoms with Crippen molar-refractivity contribution in [1.82, 2.24) is 0 Å². The van der Waals surface area contributed by atoms with Crippen molar-refractivity contribution in [1.29, 1.82) is 0 Å². The number of aryl methyl sites for hydroxylation is 1. The Morgan fingerprint density at radius 1 is 1.19 bits per heavy atom. The van der Waals surface area contributed by atoms with Crippen LogP contribution in [0.4, 0.5) is 11.4 Å². The fourth-order valence-corrected chi connectivity index (χ4v) is 2.47. The van der Waals surface area contributed by atoms with E-state index in [2.05, 4.69) is 33.2 Å². The normalized spacial score (nSPS) is 10.0. The molecular weight excluding hydrogens is 379 g/mol. The topological polar surface area (TPSA) is 50.4 Å². The number of hydrogen-bond acceptors (Lipinski definition) is 3. The quantitative estimate of drug-likeness (QED) is 0.759. The number of anilines is 2. The van der Waals surface area contributed by atoms with Crippen molar-refractivity contribution < 1.29 is 9.53 Å². The Kier molecular flexibility index (Phi) is 5.44. The van der Waals surface area contributed by atoms with E-state index in [0.717, 1.165) is 20.5 Å². The van der Waals surface area contributed by atoms with Crippen LogP contribution in [0.5, 0.6) is 5.75 Å². The largest absolute Gasteiger partial charge is 0.484 e. The summed E-state index contributed by atoms with van der Waals surface area (Å²) in [4.78, 5) is 11.9. The summed E-state index contributed by atoms with van der Waals surface area (Å²) in [5.41, 5.74) is 2.85. The SMILES string of the molecule is CNc1ccc(OCC(=O)Nc2ccc(I)cc2C)cc1. The van der Waals surface area contributed by atoms with Crippen molar-refractivity contribution in [2.45, 2.75) is 6.92 Å². The van der Waals surface area contributed by atoms with Crippen molar-refractivity contribution in [2.24, 2.45) is 0 Å². The average Bonchev–Trinajstić information content (AvgIpc) is 2.48. The minimum absolute atomic E-state index is 0.00960. The molecule has 2 rings (SSSR count). The average molecular weight is 396 g/mol. The lowest BCUT2D eigenvalue weighted by Crippen LogP contribution is -2.20. The molecule has 4 nitrogen and oxygen atoms in total. The van der Waals surface area contributed by atoms with Crippen LogP contribution in [0.25, 0.3) is 0 Å². The molecule has 2 N–H and O–H groups in total. The standard InChI is InChI=1S/C16H17IN2O2/c1-11-9-12(17)3-8-15(11)19-16(20)10-21-14-6-4-13(18-2)5-7-14/h3-9,18H,10H2,1-2H3,(H,19,20). The van der Waals surface area contributed by atoms with Crippen LogP contribution < -0.4 is 15.4 Å². The first-order valence-electron chi connectivity index (χ1n) is 6.55. The highest BCUT2D eigenvalue weighted by Crippen LogP contribution is 2.18. The van der Waals surface area contributed by atoms with Gasteiger partial charge in [0.05, 0.1) is 0 Å². The summed E-state index contributed by atoms with van der Waals surface area (Å²) in [5, 5.41) is 5.88. The molecule has 0 aliphatic rings. The van der Waals surface area contributed by atoms with Crippen LogP contribution in [0.3, 0.4) is 0 Å². The van der Waals surface area contributed by atoms with Gasteiger partial charge in [-0.25, -0.2) is 0 Å². The first-order chi connectivity index (χ1) is 10.1. The van der Waals surface area contributed by atoms with E-state index in [-0.39, 0.29) is 12.5 Å². The lowest BCUT2D eigenvalue weighted by molar-refractivity contribution is -0.118. The Balaban J connectivity index is 1.89. The van der Waals surface area contributed by atoms with Crippen molar-refractivity contribution in [2.75, 3.05) is 24.3 Å². The second kappa shape index (κ2) is 7.31. The van der Waals surface area contributed by atoms with E-state index in [1.165, 1.54) is 0 Å². The van der Waals surface area contributed by atoms with Crippen molar-refractivity contribution in [3.8, 4) is 5.75 Å². The highest BCUT2D eigenvalue weighted by atomic mass is 127. The summed E-state index contributed by atoms with van der Waals surface area (Å²) >= 11 is 2.24. The minimum Gasteiger partial charge on any atom is -0.484 e. The molecule has 0 unspecified atom stereocenters. The monoisotopic (exact) mass is 396 g/mol. The summed E-state index contributed by atoms with van der Waals surface area (Å²) in [6.07, 6.45) is 0. The third-order valence-electron chi connectivity index (χ3n) is 2.98. The van der Waals surface area contributed by atoms with Gasteiger partial charge in [-0.1, -0.05) is 0 Å². The maximum atomic E-state index is 11.9. The molecule has 0 saturated heterocycles. The van der Waals surface area contributed by atoms with Crippen LogP contribution in [0.2, 0.25) is 0 Å². The van der Waals surface area contributed by atoms with Crippen LogP contribution in [-0.4, -0.2) is 19.6 Å². The smallest absolute Gasteiger partial charge is 0.262 e. The second-order valence-electron chi connectivity index (χ2n) is 4.57. The first-order valence-corrected chi connectivity index (χ1v) is 7.63. The molecule has 0 aliphatic heterocycles. The van der Waals surface area contributed by atoms with Gasteiger partial charge < -0.3 is 15.4 Å².